The summed E-state index contributed by atoms with van der Waals surface area (Å²) in [5.74, 6) is 0.379. The summed E-state index contributed by atoms with van der Waals surface area (Å²) in [5, 5.41) is 12.1. The van der Waals surface area contributed by atoms with Gasteiger partial charge in [0, 0.05) is 5.02 Å². The molecule has 0 amide bonds. The average molecular weight is 372 g/mol. The highest BCUT2D eigenvalue weighted by molar-refractivity contribution is 6.31. The molecule has 0 atom stereocenters. The van der Waals surface area contributed by atoms with E-state index in [0.717, 1.165) is 17.5 Å². The van der Waals surface area contributed by atoms with Gasteiger partial charge in [-0.2, -0.15) is 9.97 Å². The number of ether oxygens (including phenoxy) is 2. The molecule has 3 aromatic rings. The number of aryl methyl sites for hydroxylation is 2. The zero-order valence-electron chi connectivity index (χ0n) is 14.0. The minimum absolute atomic E-state index is 0.200. The van der Waals surface area contributed by atoms with E-state index in [0.29, 0.717) is 16.5 Å². The molecule has 0 aliphatic heterocycles. The lowest BCUT2D eigenvalue weighted by Crippen LogP contribution is -2.01. The molecule has 7 nitrogen and oxygen atoms in total. The van der Waals surface area contributed by atoms with E-state index < -0.39 is 10.6 Å². The van der Waals surface area contributed by atoms with Gasteiger partial charge in [-0.3, -0.25) is 10.1 Å². The highest BCUT2D eigenvalue weighted by Gasteiger charge is 2.27. The van der Waals surface area contributed by atoms with Crippen LogP contribution in [0.4, 0.5) is 5.69 Å². The van der Waals surface area contributed by atoms with Crippen molar-refractivity contribution in [1.82, 2.24) is 9.97 Å². The van der Waals surface area contributed by atoms with Crippen LogP contribution in [0.2, 0.25) is 5.02 Å². The fourth-order valence-electron chi connectivity index (χ4n) is 2.16. The number of nitro groups is 1. The molecule has 0 spiro atoms. The van der Waals surface area contributed by atoms with Gasteiger partial charge in [0.25, 0.3) is 0 Å². The van der Waals surface area contributed by atoms with Crippen LogP contribution in [0.15, 0.2) is 48.8 Å². The second-order valence-electron chi connectivity index (χ2n) is 5.52. The lowest BCUT2D eigenvalue weighted by Gasteiger charge is -2.09. The van der Waals surface area contributed by atoms with Crippen molar-refractivity contribution in [3.8, 4) is 23.3 Å². The van der Waals surface area contributed by atoms with Gasteiger partial charge in [0.2, 0.25) is 0 Å². The number of halogens is 1. The summed E-state index contributed by atoms with van der Waals surface area (Å²) >= 11 is 5.98. The average Bonchev–Trinajstić information content (AvgIpc) is 2.60. The Hall–Kier alpha value is -3.19. The standard InChI is InChI=1S/C18H14ClN3O4/c1-11-3-5-13(6-4-11)25-17-16(22(23)24)18(21-10-20-17)26-14-7-8-15(19)12(2)9-14/h3-10H,1-2H3. The van der Waals surface area contributed by atoms with Crippen molar-refractivity contribution >= 4 is 17.3 Å². The fraction of sp³-hybridized carbons (Fsp3) is 0.111. The number of hydrogen-bond donors (Lipinski definition) is 0. The second-order valence-corrected chi connectivity index (χ2v) is 5.93. The number of aromatic nitrogens is 2. The van der Waals surface area contributed by atoms with E-state index in [9.17, 15) is 10.1 Å². The van der Waals surface area contributed by atoms with Crippen LogP contribution in [0.3, 0.4) is 0 Å². The van der Waals surface area contributed by atoms with Crippen molar-refractivity contribution < 1.29 is 14.4 Å². The molecule has 0 unspecified atom stereocenters. The minimum Gasteiger partial charge on any atom is -0.433 e. The quantitative estimate of drug-likeness (QED) is 0.450. The van der Waals surface area contributed by atoms with E-state index in [1.165, 1.54) is 0 Å². The third-order valence-electron chi connectivity index (χ3n) is 3.52. The largest absolute Gasteiger partial charge is 0.433 e. The number of nitrogens with zero attached hydrogens (tertiary/aromatic N) is 3. The molecule has 0 saturated heterocycles. The first-order valence-electron chi connectivity index (χ1n) is 7.62. The van der Waals surface area contributed by atoms with Crippen LogP contribution in [0.1, 0.15) is 11.1 Å². The SMILES string of the molecule is Cc1ccc(Oc2ncnc(Oc3ccc(Cl)c(C)c3)c2[N+](=O)[O-])cc1. The molecule has 0 aliphatic carbocycles. The Morgan fingerprint density at radius 2 is 1.54 bits per heavy atom. The maximum absolute atomic E-state index is 11.5. The Labute approximate surface area is 154 Å². The van der Waals surface area contributed by atoms with Crippen molar-refractivity contribution in [2.45, 2.75) is 13.8 Å². The highest BCUT2D eigenvalue weighted by Crippen LogP contribution is 2.38. The van der Waals surface area contributed by atoms with E-state index in [1.54, 1.807) is 37.3 Å². The maximum Gasteiger partial charge on any atom is 0.393 e. The Balaban J connectivity index is 1.96. The van der Waals surface area contributed by atoms with Crippen molar-refractivity contribution in [2.24, 2.45) is 0 Å². The highest BCUT2D eigenvalue weighted by atomic mass is 35.5. The Bertz CT molecular complexity index is 961. The van der Waals surface area contributed by atoms with Crippen molar-refractivity contribution in [2.75, 3.05) is 0 Å². The van der Waals surface area contributed by atoms with Gasteiger partial charge in [-0.15, -0.1) is 0 Å². The molecule has 0 aliphatic rings. The molecule has 3 rings (SSSR count). The smallest absolute Gasteiger partial charge is 0.393 e. The summed E-state index contributed by atoms with van der Waals surface area (Å²) in [5.41, 5.74) is 1.36. The van der Waals surface area contributed by atoms with E-state index in [2.05, 4.69) is 9.97 Å². The third-order valence-corrected chi connectivity index (χ3v) is 3.94. The van der Waals surface area contributed by atoms with Crippen LogP contribution in [0.25, 0.3) is 0 Å². The van der Waals surface area contributed by atoms with Crippen molar-refractivity contribution in [1.29, 1.82) is 0 Å². The van der Waals surface area contributed by atoms with Gasteiger partial charge < -0.3 is 9.47 Å². The van der Waals surface area contributed by atoms with E-state index in [4.69, 9.17) is 21.1 Å². The third kappa shape index (κ3) is 3.89. The lowest BCUT2D eigenvalue weighted by molar-refractivity contribution is -0.387. The van der Waals surface area contributed by atoms with Crippen LogP contribution in [-0.2, 0) is 0 Å². The molecule has 0 N–H and O–H groups in total. The first kappa shape index (κ1) is 17.6. The summed E-state index contributed by atoms with van der Waals surface area (Å²) in [4.78, 5) is 18.7. The van der Waals surface area contributed by atoms with E-state index in [-0.39, 0.29) is 11.8 Å². The topological polar surface area (TPSA) is 87.4 Å². The molecular formula is C18H14ClN3O4. The molecule has 1 heterocycles. The zero-order chi connectivity index (χ0) is 18.7. The van der Waals surface area contributed by atoms with Crippen LogP contribution < -0.4 is 9.47 Å². The van der Waals surface area contributed by atoms with Gasteiger partial charge in [-0.25, -0.2) is 0 Å². The van der Waals surface area contributed by atoms with Gasteiger partial charge >= 0.3 is 17.4 Å². The normalized spacial score (nSPS) is 10.4. The zero-order valence-corrected chi connectivity index (χ0v) is 14.7. The number of rotatable bonds is 5. The van der Waals surface area contributed by atoms with Crippen LogP contribution >= 0.6 is 11.6 Å². The summed E-state index contributed by atoms with van der Waals surface area (Å²) in [6, 6.07) is 12.0. The Morgan fingerprint density at radius 1 is 0.962 bits per heavy atom. The minimum atomic E-state index is -0.637. The van der Waals surface area contributed by atoms with E-state index >= 15 is 0 Å². The Kier molecular flexibility index (Phi) is 4.99. The predicted molar refractivity (Wildman–Crippen MR) is 96.2 cm³/mol. The molecule has 132 valence electrons. The summed E-state index contributed by atoms with van der Waals surface area (Å²) in [6.07, 6.45) is 1.15. The molecule has 1 aromatic heterocycles. The van der Waals surface area contributed by atoms with Gasteiger partial charge in [0.1, 0.15) is 17.8 Å². The fourth-order valence-corrected chi connectivity index (χ4v) is 2.28. The van der Waals surface area contributed by atoms with Gasteiger partial charge in [0.05, 0.1) is 4.92 Å². The molecule has 0 saturated carbocycles. The summed E-state index contributed by atoms with van der Waals surface area (Å²) in [6.45, 7) is 3.73. The molecule has 0 fully saturated rings. The van der Waals surface area contributed by atoms with Gasteiger partial charge in [0.15, 0.2) is 0 Å². The first-order valence-corrected chi connectivity index (χ1v) is 8.00. The second kappa shape index (κ2) is 7.37. The van der Waals surface area contributed by atoms with Crippen LogP contribution in [0, 0.1) is 24.0 Å². The summed E-state index contributed by atoms with van der Waals surface area (Å²) in [7, 11) is 0. The van der Waals surface area contributed by atoms with Crippen molar-refractivity contribution in [3.63, 3.8) is 0 Å². The maximum atomic E-state index is 11.5. The van der Waals surface area contributed by atoms with Gasteiger partial charge in [-0.05, 0) is 49.7 Å². The number of benzene rings is 2. The lowest BCUT2D eigenvalue weighted by atomic mass is 10.2. The summed E-state index contributed by atoms with van der Waals surface area (Å²) < 4.78 is 11.1. The van der Waals surface area contributed by atoms with Crippen molar-refractivity contribution in [3.05, 3.63) is 75.1 Å². The monoisotopic (exact) mass is 371 g/mol. The molecule has 0 bridgehead atoms. The van der Waals surface area contributed by atoms with Crippen LogP contribution in [-0.4, -0.2) is 14.9 Å². The first-order chi connectivity index (χ1) is 12.4. The Morgan fingerprint density at radius 3 is 2.12 bits per heavy atom. The predicted octanol–water partition coefficient (Wildman–Crippen LogP) is 5.24. The molecule has 0 radical (unpaired) electrons. The molecular weight excluding hydrogens is 358 g/mol. The molecule has 2 aromatic carbocycles. The van der Waals surface area contributed by atoms with Crippen LogP contribution in [0.5, 0.6) is 23.3 Å². The van der Waals surface area contributed by atoms with E-state index in [1.807, 2.05) is 19.1 Å². The number of hydrogen-bond acceptors (Lipinski definition) is 6. The molecule has 8 heteroatoms. The molecule has 26 heavy (non-hydrogen) atoms. The van der Waals surface area contributed by atoms with Gasteiger partial charge in [-0.1, -0.05) is 29.3 Å².